The molecule has 0 saturated carbocycles. The molecule has 0 bridgehead atoms. The Kier molecular flexibility index (Phi) is 8.48. The highest BCUT2D eigenvalue weighted by Crippen LogP contribution is 2.40. The average Bonchev–Trinajstić information content (AvgIpc) is 3.26. The number of rotatable bonds is 7. The van der Waals surface area contributed by atoms with Crippen LogP contribution in [-0.2, 0) is 0 Å². The van der Waals surface area contributed by atoms with Crippen molar-refractivity contribution in [2.24, 2.45) is 0 Å². The Morgan fingerprint density at radius 1 is 0.333 bits per heavy atom. The predicted octanol–water partition coefficient (Wildman–Crippen LogP) is 11.4. The highest BCUT2D eigenvalue weighted by atomic mass is 15.0. The quantitative estimate of drug-likeness (QED) is 0.165. The molecule has 0 radical (unpaired) electrons. The fourth-order valence-electron chi connectivity index (χ4n) is 6.82. The number of aromatic nitrogens is 5. The van der Waals surface area contributed by atoms with Crippen molar-refractivity contribution in [2.75, 3.05) is 0 Å². The Labute approximate surface area is 312 Å². The molecule has 0 N–H and O–H groups in total. The van der Waals surface area contributed by atoms with Gasteiger partial charge < -0.3 is 0 Å². The van der Waals surface area contributed by atoms with Gasteiger partial charge in [-0.3, -0.25) is 0 Å². The second-order valence-corrected chi connectivity index (χ2v) is 12.8. The van der Waals surface area contributed by atoms with Crippen LogP contribution >= 0.6 is 0 Å². The molecule has 0 aliphatic carbocycles. The van der Waals surface area contributed by atoms with Crippen molar-refractivity contribution in [1.29, 1.82) is 5.26 Å². The number of nitriles is 1. The molecular formula is C48H30N6. The van der Waals surface area contributed by atoms with Crippen molar-refractivity contribution < 1.29 is 0 Å². The largest absolute Gasteiger partial charge is 0.228 e. The minimum atomic E-state index is 0.510. The van der Waals surface area contributed by atoms with Crippen LogP contribution in [0.5, 0.6) is 0 Å². The van der Waals surface area contributed by atoms with Crippen LogP contribution in [0.1, 0.15) is 5.56 Å². The van der Waals surface area contributed by atoms with Crippen molar-refractivity contribution in [3.05, 3.63) is 188 Å². The number of nitrogens with zero attached hydrogens (tertiary/aromatic N) is 6. The second kappa shape index (κ2) is 14.2. The van der Waals surface area contributed by atoms with Gasteiger partial charge in [0.15, 0.2) is 23.3 Å². The minimum Gasteiger partial charge on any atom is -0.228 e. The summed E-state index contributed by atoms with van der Waals surface area (Å²) in [7, 11) is 0. The Morgan fingerprint density at radius 3 is 1.50 bits per heavy atom. The van der Waals surface area contributed by atoms with Crippen LogP contribution in [0.2, 0.25) is 0 Å². The first-order valence-corrected chi connectivity index (χ1v) is 17.7. The van der Waals surface area contributed by atoms with Gasteiger partial charge in [0.05, 0.1) is 22.8 Å². The molecule has 0 aliphatic heterocycles. The van der Waals surface area contributed by atoms with Crippen LogP contribution in [0.3, 0.4) is 0 Å². The molecule has 2 aromatic heterocycles. The van der Waals surface area contributed by atoms with Gasteiger partial charge in [-0.2, -0.15) is 5.26 Å². The normalized spacial score (nSPS) is 10.9. The Hall–Kier alpha value is -7.62. The van der Waals surface area contributed by atoms with E-state index in [-0.39, 0.29) is 0 Å². The highest BCUT2D eigenvalue weighted by molar-refractivity contribution is 5.95. The number of para-hydroxylation sites is 1. The van der Waals surface area contributed by atoms with Gasteiger partial charge in [-0.15, -0.1) is 0 Å². The number of hydrogen-bond acceptors (Lipinski definition) is 6. The summed E-state index contributed by atoms with van der Waals surface area (Å²) in [5.74, 6) is 2.27. The molecule has 2 heterocycles. The zero-order valence-electron chi connectivity index (χ0n) is 29.0. The molecule has 0 amide bonds. The molecule has 0 fully saturated rings. The van der Waals surface area contributed by atoms with Gasteiger partial charge in [0.1, 0.15) is 0 Å². The van der Waals surface area contributed by atoms with Crippen molar-refractivity contribution in [1.82, 2.24) is 24.9 Å². The molecule has 0 spiro atoms. The minimum absolute atomic E-state index is 0.510. The Balaban J connectivity index is 1.26. The third-order valence-corrected chi connectivity index (χ3v) is 9.43. The van der Waals surface area contributed by atoms with Crippen LogP contribution < -0.4 is 0 Å². The van der Waals surface area contributed by atoms with Gasteiger partial charge in [-0.05, 0) is 41.0 Å². The van der Waals surface area contributed by atoms with E-state index in [4.69, 9.17) is 24.9 Å². The van der Waals surface area contributed by atoms with E-state index in [1.807, 2.05) is 140 Å². The van der Waals surface area contributed by atoms with E-state index >= 15 is 0 Å². The van der Waals surface area contributed by atoms with E-state index in [0.29, 0.717) is 28.9 Å². The summed E-state index contributed by atoms with van der Waals surface area (Å²) in [6, 6.07) is 62.7. The lowest BCUT2D eigenvalue weighted by atomic mass is 9.90. The first-order valence-electron chi connectivity index (χ1n) is 17.7. The standard InChI is InChI=1S/C48H30N6/c49-31-36-22-10-11-24-38(36)42-30-35(28-29-40(42)48-53-45(33-18-6-2-7-19-33)52-46(54-48)34-20-8-3-9-21-34)37-23-12-13-25-39(37)47-50-43-27-15-14-26-41(43)44(51-47)32-16-4-1-5-17-32/h1-30H. The molecule has 0 atom stereocenters. The van der Waals surface area contributed by atoms with Crippen LogP contribution in [0, 0.1) is 11.3 Å². The third kappa shape index (κ3) is 6.17. The lowest BCUT2D eigenvalue weighted by Gasteiger charge is -2.16. The van der Waals surface area contributed by atoms with Crippen molar-refractivity contribution >= 4 is 10.9 Å². The fourth-order valence-corrected chi connectivity index (χ4v) is 6.82. The summed E-state index contributed by atoms with van der Waals surface area (Å²) in [5.41, 5.74) is 10.3. The van der Waals surface area contributed by atoms with Gasteiger partial charge in [0.2, 0.25) is 0 Å². The first kappa shape index (κ1) is 32.3. The van der Waals surface area contributed by atoms with Crippen LogP contribution in [0.25, 0.3) is 90.0 Å². The molecule has 7 aromatic carbocycles. The molecular weight excluding hydrogens is 661 g/mol. The smallest absolute Gasteiger partial charge is 0.164 e. The van der Waals surface area contributed by atoms with E-state index in [0.717, 1.165) is 66.7 Å². The summed E-state index contributed by atoms with van der Waals surface area (Å²) < 4.78 is 0. The van der Waals surface area contributed by atoms with E-state index in [2.05, 4.69) is 48.5 Å². The molecule has 6 nitrogen and oxygen atoms in total. The maximum atomic E-state index is 10.3. The summed E-state index contributed by atoms with van der Waals surface area (Å²) in [4.78, 5) is 25.3. The number of hydrogen-bond donors (Lipinski definition) is 0. The van der Waals surface area contributed by atoms with Crippen LogP contribution in [0.15, 0.2) is 182 Å². The van der Waals surface area contributed by atoms with E-state index in [9.17, 15) is 5.26 Å². The zero-order chi connectivity index (χ0) is 36.3. The highest BCUT2D eigenvalue weighted by Gasteiger charge is 2.20. The predicted molar refractivity (Wildman–Crippen MR) is 216 cm³/mol. The van der Waals surface area contributed by atoms with Gasteiger partial charge in [-0.25, -0.2) is 24.9 Å². The van der Waals surface area contributed by atoms with Gasteiger partial charge in [-0.1, -0.05) is 158 Å². The molecule has 54 heavy (non-hydrogen) atoms. The molecule has 0 unspecified atom stereocenters. The monoisotopic (exact) mass is 690 g/mol. The third-order valence-electron chi connectivity index (χ3n) is 9.43. The maximum Gasteiger partial charge on any atom is 0.164 e. The van der Waals surface area contributed by atoms with Gasteiger partial charge >= 0.3 is 0 Å². The van der Waals surface area contributed by atoms with Crippen molar-refractivity contribution in [2.45, 2.75) is 0 Å². The summed E-state index contributed by atoms with van der Waals surface area (Å²) in [5, 5.41) is 11.3. The lowest BCUT2D eigenvalue weighted by molar-refractivity contribution is 1.07. The lowest BCUT2D eigenvalue weighted by Crippen LogP contribution is -2.02. The molecule has 6 heteroatoms. The SMILES string of the molecule is N#Cc1ccccc1-c1cc(-c2ccccc2-c2nc(-c3ccccc3)c3ccccc3n2)ccc1-c1nc(-c2ccccc2)nc(-c2ccccc2)n1. The summed E-state index contributed by atoms with van der Waals surface area (Å²) in [6.45, 7) is 0. The van der Waals surface area contributed by atoms with Crippen LogP contribution in [0.4, 0.5) is 0 Å². The van der Waals surface area contributed by atoms with Gasteiger partial charge in [0, 0.05) is 38.8 Å². The van der Waals surface area contributed by atoms with Crippen molar-refractivity contribution in [3.8, 4) is 85.1 Å². The van der Waals surface area contributed by atoms with E-state index in [1.54, 1.807) is 0 Å². The number of fused-ring (bicyclic) bond motifs is 1. The molecule has 252 valence electrons. The Bertz CT molecular complexity index is 2770. The first-order chi connectivity index (χ1) is 26.7. The summed E-state index contributed by atoms with van der Waals surface area (Å²) in [6.07, 6.45) is 0. The maximum absolute atomic E-state index is 10.3. The second-order valence-electron chi connectivity index (χ2n) is 12.8. The van der Waals surface area contributed by atoms with Crippen molar-refractivity contribution in [3.63, 3.8) is 0 Å². The molecule has 9 rings (SSSR count). The summed E-state index contributed by atoms with van der Waals surface area (Å²) >= 11 is 0. The van der Waals surface area contributed by atoms with E-state index in [1.165, 1.54) is 0 Å². The molecule has 9 aromatic rings. The van der Waals surface area contributed by atoms with E-state index < -0.39 is 0 Å². The Morgan fingerprint density at radius 2 is 0.833 bits per heavy atom. The fraction of sp³-hybridized carbons (Fsp3) is 0. The zero-order valence-corrected chi connectivity index (χ0v) is 29.0. The molecule has 0 aliphatic rings. The van der Waals surface area contributed by atoms with Gasteiger partial charge in [0.25, 0.3) is 0 Å². The molecule has 0 saturated heterocycles. The topological polar surface area (TPSA) is 88.2 Å². The number of benzene rings is 7. The van der Waals surface area contributed by atoms with Crippen LogP contribution in [-0.4, -0.2) is 24.9 Å². The average molecular weight is 691 g/mol.